The van der Waals surface area contributed by atoms with Crippen molar-refractivity contribution in [2.24, 2.45) is 5.73 Å². The number of urea groups is 1. The highest BCUT2D eigenvalue weighted by Gasteiger charge is 2.16. The van der Waals surface area contributed by atoms with Crippen LogP contribution in [0.2, 0.25) is 0 Å². The van der Waals surface area contributed by atoms with E-state index < -0.39 is 6.03 Å². The zero-order valence-electron chi connectivity index (χ0n) is 14.2. The summed E-state index contributed by atoms with van der Waals surface area (Å²) in [7, 11) is 0. The maximum Gasteiger partial charge on any atom is 0.316 e. The molecule has 5 nitrogen and oxygen atoms in total. The second-order valence-electron chi connectivity index (χ2n) is 5.92. The number of benzene rings is 2. The molecule has 7 heteroatoms. The van der Waals surface area contributed by atoms with Crippen LogP contribution >= 0.6 is 23.5 Å². The maximum absolute atomic E-state index is 12.3. The molecule has 2 aromatic carbocycles. The Morgan fingerprint density at radius 2 is 1.65 bits per heavy atom. The molecule has 0 aliphatic carbocycles. The van der Waals surface area contributed by atoms with Crippen molar-refractivity contribution in [2.45, 2.75) is 17.5 Å². The molecule has 0 spiro atoms. The number of rotatable bonds is 5. The van der Waals surface area contributed by atoms with Gasteiger partial charge in [-0.25, -0.2) is 4.79 Å². The molecular weight excluding hydrogens is 366 g/mol. The van der Waals surface area contributed by atoms with Gasteiger partial charge < -0.3 is 16.4 Å². The Balaban J connectivity index is 1.53. The summed E-state index contributed by atoms with van der Waals surface area (Å²) < 4.78 is 0.480. The molecule has 1 saturated heterocycles. The highest BCUT2D eigenvalue weighted by atomic mass is 32.2. The monoisotopic (exact) mass is 387 g/mol. The average Bonchev–Trinajstić information content (AvgIpc) is 2.67. The van der Waals surface area contributed by atoms with Crippen molar-refractivity contribution >= 4 is 41.1 Å². The Hall–Kier alpha value is -2.12. The van der Waals surface area contributed by atoms with Crippen molar-refractivity contribution in [3.8, 4) is 0 Å². The lowest BCUT2D eigenvalue weighted by Gasteiger charge is -2.21. The Morgan fingerprint density at radius 3 is 2.27 bits per heavy atom. The van der Waals surface area contributed by atoms with E-state index in [2.05, 4.69) is 22.8 Å². The van der Waals surface area contributed by atoms with Crippen LogP contribution in [0.25, 0.3) is 0 Å². The first kappa shape index (κ1) is 18.7. The third kappa shape index (κ3) is 5.19. The van der Waals surface area contributed by atoms with Gasteiger partial charge in [-0.2, -0.15) is 0 Å². The molecule has 0 aromatic heterocycles. The normalized spacial score (nSPS) is 14.6. The zero-order valence-corrected chi connectivity index (χ0v) is 15.9. The van der Waals surface area contributed by atoms with Gasteiger partial charge in [0, 0.05) is 17.8 Å². The summed E-state index contributed by atoms with van der Waals surface area (Å²) in [5.41, 5.74) is 8.58. The van der Waals surface area contributed by atoms with Gasteiger partial charge in [-0.05, 0) is 53.3 Å². The number of carbonyl (C=O) groups excluding carboxylic acids is 2. The van der Waals surface area contributed by atoms with Gasteiger partial charge in [0.2, 0.25) is 0 Å². The van der Waals surface area contributed by atoms with E-state index in [1.54, 1.807) is 12.1 Å². The average molecular weight is 388 g/mol. The predicted octanol–water partition coefficient (Wildman–Crippen LogP) is 3.98. The summed E-state index contributed by atoms with van der Waals surface area (Å²) in [4.78, 5) is 23.1. The largest absolute Gasteiger partial charge is 0.351 e. The number of anilines is 1. The molecule has 26 heavy (non-hydrogen) atoms. The molecule has 1 heterocycles. The third-order valence-corrected chi connectivity index (χ3v) is 6.96. The van der Waals surface area contributed by atoms with Crippen molar-refractivity contribution in [1.82, 2.24) is 5.32 Å². The lowest BCUT2D eigenvalue weighted by Crippen LogP contribution is -2.23. The first-order valence-electron chi connectivity index (χ1n) is 8.38. The summed E-state index contributed by atoms with van der Waals surface area (Å²) in [6, 6.07) is 14.5. The maximum atomic E-state index is 12.3. The van der Waals surface area contributed by atoms with Crippen molar-refractivity contribution in [2.75, 3.05) is 16.8 Å². The molecule has 2 aromatic rings. The quantitative estimate of drug-likeness (QED) is 0.725. The zero-order chi connectivity index (χ0) is 18.4. The fraction of sp³-hybridized carbons (Fsp3) is 0.263. The van der Waals surface area contributed by atoms with Crippen LogP contribution in [0.1, 0.15) is 32.5 Å². The van der Waals surface area contributed by atoms with Crippen LogP contribution in [0.4, 0.5) is 10.5 Å². The van der Waals surface area contributed by atoms with Crippen molar-refractivity contribution in [1.29, 1.82) is 0 Å². The topological polar surface area (TPSA) is 84.2 Å². The Kier molecular flexibility index (Phi) is 6.46. The molecule has 1 aliphatic heterocycles. The second-order valence-corrected chi connectivity index (χ2v) is 8.64. The molecule has 4 N–H and O–H groups in total. The molecule has 3 amide bonds. The van der Waals surface area contributed by atoms with Gasteiger partial charge >= 0.3 is 6.03 Å². The number of hydrogen-bond donors (Lipinski definition) is 3. The van der Waals surface area contributed by atoms with E-state index in [0.29, 0.717) is 22.4 Å². The van der Waals surface area contributed by atoms with Crippen molar-refractivity contribution < 1.29 is 9.59 Å². The van der Waals surface area contributed by atoms with Gasteiger partial charge in [-0.15, -0.1) is 23.5 Å². The molecule has 1 fully saturated rings. The molecule has 3 rings (SSSR count). The molecule has 1 aliphatic rings. The lowest BCUT2D eigenvalue weighted by molar-refractivity contribution is 0.0951. The highest BCUT2D eigenvalue weighted by Crippen LogP contribution is 2.43. The molecular formula is C19H21N3O2S2. The number of carbonyl (C=O) groups is 2. The van der Waals surface area contributed by atoms with Gasteiger partial charge in [0.25, 0.3) is 5.91 Å². The van der Waals surface area contributed by atoms with Crippen molar-refractivity contribution in [3.05, 3.63) is 65.2 Å². The lowest BCUT2D eigenvalue weighted by atomic mass is 10.1. The van der Waals surface area contributed by atoms with Gasteiger partial charge in [0.15, 0.2) is 0 Å². The fourth-order valence-corrected chi connectivity index (χ4v) is 5.50. The summed E-state index contributed by atoms with van der Waals surface area (Å²) in [5, 5.41) is 5.42. The van der Waals surface area contributed by atoms with Crippen LogP contribution in [-0.4, -0.2) is 23.4 Å². The number of nitrogens with two attached hydrogens (primary N) is 1. The van der Waals surface area contributed by atoms with E-state index in [4.69, 9.17) is 5.73 Å². The Morgan fingerprint density at radius 1 is 1.00 bits per heavy atom. The minimum atomic E-state index is -0.598. The van der Waals surface area contributed by atoms with Crippen LogP contribution in [0.3, 0.4) is 0 Å². The number of hydrogen-bond acceptors (Lipinski definition) is 4. The SMILES string of the molecule is NC(=O)Nc1ccc(CNC(=O)c2ccc(C3SCCCS3)cc2)cc1. The van der Waals surface area contributed by atoms with Crippen LogP contribution in [-0.2, 0) is 6.54 Å². The molecule has 0 bridgehead atoms. The number of nitrogens with one attached hydrogen (secondary N) is 2. The highest BCUT2D eigenvalue weighted by molar-refractivity contribution is 8.16. The Labute approximate surface area is 161 Å². The standard InChI is InChI=1S/C19H21N3O2S2/c20-19(24)22-16-8-2-13(3-9-16)12-21-17(23)14-4-6-15(7-5-14)18-25-10-1-11-26-18/h2-9,18H,1,10-12H2,(H,21,23)(H3,20,22,24). The summed E-state index contributed by atoms with van der Waals surface area (Å²) in [6.07, 6.45) is 1.27. The number of thioether (sulfide) groups is 2. The van der Waals surface area contributed by atoms with Crippen molar-refractivity contribution in [3.63, 3.8) is 0 Å². The minimum Gasteiger partial charge on any atom is -0.351 e. The van der Waals surface area contributed by atoms with Crippen LogP contribution in [0, 0.1) is 0 Å². The first-order chi connectivity index (χ1) is 12.6. The van der Waals surface area contributed by atoms with Crippen LogP contribution < -0.4 is 16.4 Å². The minimum absolute atomic E-state index is 0.0974. The molecule has 0 atom stereocenters. The van der Waals surface area contributed by atoms with Gasteiger partial charge in [-0.3, -0.25) is 4.79 Å². The number of primary amides is 1. The van der Waals surface area contributed by atoms with E-state index in [0.717, 1.165) is 5.56 Å². The summed E-state index contributed by atoms with van der Waals surface area (Å²) in [6.45, 7) is 0.422. The third-order valence-electron chi connectivity index (χ3n) is 3.95. The van der Waals surface area contributed by atoms with E-state index in [9.17, 15) is 9.59 Å². The van der Waals surface area contributed by atoms with Crippen LogP contribution in [0.15, 0.2) is 48.5 Å². The molecule has 0 unspecified atom stereocenters. The molecule has 0 saturated carbocycles. The smallest absolute Gasteiger partial charge is 0.316 e. The summed E-state index contributed by atoms with van der Waals surface area (Å²) in [5.74, 6) is 2.31. The molecule has 136 valence electrons. The van der Waals surface area contributed by atoms with E-state index >= 15 is 0 Å². The molecule has 0 radical (unpaired) electrons. The fourth-order valence-electron chi connectivity index (χ4n) is 2.60. The van der Waals surface area contributed by atoms with Gasteiger partial charge in [0.1, 0.15) is 0 Å². The van der Waals surface area contributed by atoms with E-state index in [-0.39, 0.29) is 5.91 Å². The van der Waals surface area contributed by atoms with E-state index in [1.807, 2.05) is 47.8 Å². The second kappa shape index (κ2) is 9.00. The van der Waals surface area contributed by atoms with Gasteiger partial charge in [-0.1, -0.05) is 24.3 Å². The Bertz CT molecular complexity index is 757. The van der Waals surface area contributed by atoms with Gasteiger partial charge in [0.05, 0.1) is 4.58 Å². The summed E-state index contributed by atoms with van der Waals surface area (Å²) >= 11 is 3.94. The predicted molar refractivity (Wildman–Crippen MR) is 110 cm³/mol. The van der Waals surface area contributed by atoms with E-state index in [1.165, 1.54) is 23.5 Å². The first-order valence-corrected chi connectivity index (χ1v) is 10.5. The number of amides is 3. The van der Waals surface area contributed by atoms with Crippen LogP contribution in [0.5, 0.6) is 0 Å².